The molecule has 0 radical (unpaired) electrons. The van der Waals surface area contributed by atoms with E-state index in [2.05, 4.69) is 21.4 Å². The molecule has 0 spiro atoms. The molecule has 3 aromatic rings. The summed E-state index contributed by atoms with van der Waals surface area (Å²) >= 11 is 2.32. The highest BCUT2D eigenvalue weighted by Crippen LogP contribution is 2.34. The highest BCUT2D eigenvalue weighted by Gasteiger charge is 2.25. The Morgan fingerprint density at radius 3 is 2.31 bits per heavy atom. The number of benzene rings is 2. The van der Waals surface area contributed by atoms with E-state index in [0.29, 0.717) is 27.3 Å². The summed E-state index contributed by atoms with van der Waals surface area (Å²) in [6.07, 6.45) is 1.62. The fraction of sp³-hybridized carbons (Fsp3) is 0.160. The van der Waals surface area contributed by atoms with Gasteiger partial charge in [-0.25, -0.2) is 4.98 Å². The molecule has 2 amide bonds. The summed E-state index contributed by atoms with van der Waals surface area (Å²) in [6, 6.07) is 16.4. The van der Waals surface area contributed by atoms with Crippen molar-refractivity contribution in [3.63, 3.8) is 0 Å². The topological polar surface area (TPSA) is 114 Å². The Kier molecular flexibility index (Phi) is 7.39. The van der Waals surface area contributed by atoms with Crippen molar-refractivity contribution in [3.8, 4) is 34.7 Å². The Morgan fingerprint density at radius 1 is 1.06 bits per heavy atom. The molecular formula is C25H20N4O4S2. The Morgan fingerprint density at radius 2 is 1.74 bits per heavy atom. The Labute approximate surface area is 210 Å². The molecule has 0 unspecified atom stereocenters. The van der Waals surface area contributed by atoms with Crippen LogP contribution in [0.15, 0.2) is 58.6 Å². The first-order valence-corrected chi connectivity index (χ1v) is 12.2. The van der Waals surface area contributed by atoms with E-state index in [1.165, 1.54) is 11.8 Å². The van der Waals surface area contributed by atoms with Gasteiger partial charge in [0.1, 0.15) is 23.1 Å². The first kappa shape index (κ1) is 24.3. The van der Waals surface area contributed by atoms with Gasteiger partial charge >= 0.3 is 0 Å². The fourth-order valence-corrected chi connectivity index (χ4v) is 4.52. The molecule has 8 nitrogen and oxygen atoms in total. The van der Waals surface area contributed by atoms with Gasteiger partial charge in [0, 0.05) is 10.8 Å². The number of aromatic nitrogens is 2. The van der Waals surface area contributed by atoms with Crippen LogP contribution in [0.3, 0.4) is 0 Å². The van der Waals surface area contributed by atoms with E-state index in [1.807, 2.05) is 26.0 Å². The molecule has 4 rings (SSSR count). The van der Waals surface area contributed by atoms with Crippen molar-refractivity contribution in [3.05, 3.63) is 64.6 Å². The predicted octanol–water partition coefficient (Wildman–Crippen LogP) is 5.64. The second-order valence-corrected chi connectivity index (χ2v) is 10.1. The summed E-state index contributed by atoms with van der Waals surface area (Å²) in [5.41, 5.74) is 2.15. The monoisotopic (exact) mass is 504 g/mol. The molecule has 1 aliphatic rings. The average Bonchev–Trinajstić information content (AvgIpc) is 3.16. The number of nitriles is 1. The lowest BCUT2D eigenvalue weighted by Gasteiger charge is -2.13. The van der Waals surface area contributed by atoms with Crippen molar-refractivity contribution < 1.29 is 19.1 Å². The van der Waals surface area contributed by atoms with Crippen LogP contribution < -0.4 is 14.8 Å². The lowest BCUT2D eigenvalue weighted by molar-refractivity contribution is -0.115. The zero-order chi connectivity index (χ0) is 24.9. The van der Waals surface area contributed by atoms with E-state index in [4.69, 9.17) is 9.47 Å². The molecule has 1 saturated heterocycles. The van der Waals surface area contributed by atoms with E-state index in [9.17, 15) is 14.9 Å². The van der Waals surface area contributed by atoms with Gasteiger partial charge in [-0.05, 0) is 59.8 Å². The third kappa shape index (κ3) is 5.82. The SMILES string of the molecule is COc1ccc(-c2nc(SC(C)C)nc(Oc3ccc(/C=C4/SC(=O)NC4=O)cc3)c2C#N)cc1. The van der Waals surface area contributed by atoms with Gasteiger partial charge in [-0.3, -0.25) is 14.9 Å². The second kappa shape index (κ2) is 10.6. The minimum atomic E-state index is -0.416. The van der Waals surface area contributed by atoms with Crippen LogP contribution in [-0.4, -0.2) is 33.5 Å². The molecule has 1 N–H and O–H groups in total. The zero-order valence-corrected chi connectivity index (χ0v) is 20.7. The third-order valence-corrected chi connectivity index (χ3v) is 6.38. The van der Waals surface area contributed by atoms with E-state index in [-0.39, 0.29) is 16.7 Å². The Balaban J connectivity index is 1.68. The Bertz CT molecular complexity index is 1350. The number of thioether (sulfide) groups is 2. The molecule has 0 saturated carbocycles. The smallest absolute Gasteiger partial charge is 0.290 e. The number of carbonyl (C=O) groups is 2. The summed E-state index contributed by atoms with van der Waals surface area (Å²) in [7, 11) is 1.59. The minimum absolute atomic E-state index is 0.152. The van der Waals surface area contributed by atoms with Gasteiger partial charge in [0.2, 0.25) is 5.88 Å². The van der Waals surface area contributed by atoms with Crippen LogP contribution in [0.2, 0.25) is 0 Å². The molecule has 10 heteroatoms. The first-order valence-electron chi connectivity index (χ1n) is 10.5. The summed E-state index contributed by atoms with van der Waals surface area (Å²) in [5, 5.41) is 12.5. The average molecular weight is 505 g/mol. The summed E-state index contributed by atoms with van der Waals surface area (Å²) < 4.78 is 11.3. The van der Waals surface area contributed by atoms with Gasteiger partial charge in [-0.15, -0.1) is 0 Å². The van der Waals surface area contributed by atoms with Crippen molar-refractivity contribution >= 4 is 40.7 Å². The molecule has 1 fully saturated rings. The molecular weight excluding hydrogens is 484 g/mol. The normalized spacial score (nSPS) is 14.2. The first-order chi connectivity index (χ1) is 16.9. The number of hydrogen-bond acceptors (Lipinski definition) is 9. The number of nitrogens with zero attached hydrogens (tertiary/aromatic N) is 3. The van der Waals surface area contributed by atoms with Crippen LogP contribution in [0, 0.1) is 11.3 Å². The molecule has 0 aliphatic carbocycles. The van der Waals surface area contributed by atoms with Gasteiger partial charge in [0.15, 0.2) is 5.16 Å². The number of rotatable bonds is 7. The maximum Gasteiger partial charge on any atom is 0.290 e. The van der Waals surface area contributed by atoms with E-state index in [0.717, 1.165) is 22.9 Å². The maximum absolute atomic E-state index is 11.8. The largest absolute Gasteiger partial charge is 0.497 e. The number of ether oxygens (including phenoxy) is 2. The molecule has 1 aliphatic heterocycles. The summed E-state index contributed by atoms with van der Waals surface area (Å²) in [6.45, 7) is 4.06. The fourth-order valence-electron chi connectivity index (χ4n) is 3.13. The number of nitrogens with one attached hydrogen (secondary N) is 1. The lowest BCUT2D eigenvalue weighted by atomic mass is 10.1. The van der Waals surface area contributed by atoms with E-state index >= 15 is 0 Å². The van der Waals surface area contributed by atoms with Gasteiger partial charge < -0.3 is 9.47 Å². The molecule has 1 aromatic heterocycles. The standard InChI is InChI=1S/C25H20N4O4S2/c1-14(2)34-24-27-21(16-6-10-17(32-3)11-7-16)19(13-26)23(29-24)33-18-8-4-15(5-9-18)12-20-22(30)28-25(31)35-20/h4-12,14H,1-3H3,(H,28,30,31)/b20-12+. The van der Waals surface area contributed by atoms with E-state index < -0.39 is 11.1 Å². The van der Waals surface area contributed by atoms with Crippen LogP contribution in [0.25, 0.3) is 17.3 Å². The molecule has 2 aromatic carbocycles. The number of methoxy groups -OCH3 is 1. The van der Waals surface area contributed by atoms with Crippen LogP contribution >= 0.6 is 23.5 Å². The van der Waals surface area contributed by atoms with Crippen LogP contribution in [-0.2, 0) is 4.79 Å². The highest BCUT2D eigenvalue weighted by molar-refractivity contribution is 8.18. The molecule has 176 valence electrons. The summed E-state index contributed by atoms with van der Waals surface area (Å²) in [4.78, 5) is 32.6. The van der Waals surface area contributed by atoms with Crippen molar-refractivity contribution in [2.75, 3.05) is 7.11 Å². The molecule has 2 heterocycles. The maximum atomic E-state index is 11.8. The Hall–Kier alpha value is -3.81. The number of amides is 2. The van der Waals surface area contributed by atoms with Crippen molar-refractivity contribution in [2.24, 2.45) is 0 Å². The van der Waals surface area contributed by atoms with Crippen molar-refractivity contribution in [1.29, 1.82) is 5.26 Å². The second-order valence-electron chi connectivity index (χ2n) is 7.57. The molecule has 35 heavy (non-hydrogen) atoms. The zero-order valence-electron chi connectivity index (χ0n) is 19.1. The van der Waals surface area contributed by atoms with Crippen LogP contribution in [0.5, 0.6) is 17.4 Å². The minimum Gasteiger partial charge on any atom is -0.497 e. The molecule has 0 atom stereocenters. The predicted molar refractivity (Wildman–Crippen MR) is 135 cm³/mol. The summed E-state index contributed by atoms with van der Waals surface area (Å²) in [5.74, 6) is 0.894. The van der Waals surface area contributed by atoms with Crippen molar-refractivity contribution in [1.82, 2.24) is 15.3 Å². The lowest BCUT2D eigenvalue weighted by Crippen LogP contribution is -2.17. The number of hydrogen-bond donors (Lipinski definition) is 1. The molecule has 0 bridgehead atoms. The van der Waals surface area contributed by atoms with Gasteiger partial charge in [-0.1, -0.05) is 37.7 Å². The number of imide groups is 1. The van der Waals surface area contributed by atoms with Crippen molar-refractivity contribution in [2.45, 2.75) is 24.3 Å². The van der Waals surface area contributed by atoms with Gasteiger partial charge in [0.25, 0.3) is 11.1 Å². The van der Waals surface area contributed by atoms with Gasteiger partial charge in [0.05, 0.1) is 17.7 Å². The van der Waals surface area contributed by atoms with Crippen LogP contribution in [0.1, 0.15) is 25.0 Å². The van der Waals surface area contributed by atoms with E-state index in [1.54, 1.807) is 49.6 Å². The number of carbonyl (C=O) groups excluding carboxylic acids is 2. The third-order valence-electron chi connectivity index (χ3n) is 4.71. The van der Waals surface area contributed by atoms with Crippen LogP contribution in [0.4, 0.5) is 4.79 Å². The van der Waals surface area contributed by atoms with Gasteiger partial charge in [-0.2, -0.15) is 10.2 Å². The highest BCUT2D eigenvalue weighted by atomic mass is 32.2. The quantitative estimate of drug-likeness (QED) is 0.248.